The Morgan fingerprint density at radius 2 is 2.21 bits per heavy atom. The van der Waals surface area contributed by atoms with E-state index in [1.165, 1.54) is 0 Å². The number of nitrogens with one attached hydrogen (secondary N) is 2. The van der Waals surface area contributed by atoms with Crippen LogP contribution in [0.4, 0.5) is 5.69 Å². The van der Waals surface area contributed by atoms with Crippen molar-refractivity contribution in [1.29, 1.82) is 0 Å². The van der Waals surface area contributed by atoms with Crippen LogP contribution in [0.15, 0.2) is 24.3 Å². The van der Waals surface area contributed by atoms with Crippen LogP contribution in [0.25, 0.3) is 0 Å². The van der Waals surface area contributed by atoms with E-state index in [0.717, 1.165) is 37.2 Å². The number of carbonyl (C=O) groups is 1. The van der Waals surface area contributed by atoms with Gasteiger partial charge in [-0.15, -0.1) is 0 Å². The Balaban J connectivity index is 1.67. The summed E-state index contributed by atoms with van der Waals surface area (Å²) in [5, 5.41) is 6.18. The fourth-order valence-electron chi connectivity index (χ4n) is 2.23. The Bertz CT molecular complexity index is 414. The Morgan fingerprint density at radius 1 is 1.42 bits per heavy atom. The molecule has 1 heterocycles. The Kier molecular flexibility index (Phi) is 5.36. The first kappa shape index (κ1) is 14.0. The number of ether oxygens (including phenoxy) is 1. The van der Waals surface area contributed by atoms with Gasteiger partial charge in [0.15, 0.2) is 0 Å². The van der Waals surface area contributed by atoms with Gasteiger partial charge in [-0.25, -0.2) is 0 Å². The Morgan fingerprint density at radius 3 is 2.95 bits per heavy atom. The van der Waals surface area contributed by atoms with E-state index in [1.807, 2.05) is 31.2 Å². The van der Waals surface area contributed by atoms with E-state index < -0.39 is 0 Å². The van der Waals surface area contributed by atoms with Gasteiger partial charge in [0.25, 0.3) is 0 Å². The minimum atomic E-state index is 0.0135. The van der Waals surface area contributed by atoms with Crippen LogP contribution >= 0.6 is 0 Å². The molecule has 1 aromatic rings. The van der Waals surface area contributed by atoms with Crippen LogP contribution in [0.1, 0.15) is 24.8 Å². The van der Waals surface area contributed by atoms with Gasteiger partial charge in [-0.1, -0.05) is 12.1 Å². The number of hydrogen-bond acceptors (Lipinski definition) is 3. The predicted octanol–water partition coefficient (Wildman–Crippen LogP) is 2.09. The number of hydrogen-bond donors (Lipinski definition) is 2. The number of carbonyl (C=O) groups excluding carboxylic acids is 1. The third-order valence-corrected chi connectivity index (χ3v) is 3.27. The zero-order chi connectivity index (χ0) is 13.5. The molecule has 0 unspecified atom stereocenters. The molecule has 1 aliphatic rings. The van der Waals surface area contributed by atoms with Crippen molar-refractivity contribution in [2.75, 3.05) is 25.0 Å². The number of aryl methyl sites for hydroxylation is 1. The summed E-state index contributed by atoms with van der Waals surface area (Å²) in [6, 6.07) is 7.82. The van der Waals surface area contributed by atoms with E-state index in [0.29, 0.717) is 19.1 Å². The normalized spacial score (nSPS) is 16.3. The first-order chi connectivity index (χ1) is 9.24. The molecule has 1 aliphatic heterocycles. The molecule has 1 fully saturated rings. The highest BCUT2D eigenvalue weighted by atomic mass is 16.5. The second-order valence-corrected chi connectivity index (χ2v) is 4.99. The van der Waals surface area contributed by atoms with Crippen molar-refractivity contribution in [1.82, 2.24) is 5.32 Å². The van der Waals surface area contributed by atoms with Crippen molar-refractivity contribution in [2.45, 2.75) is 32.3 Å². The summed E-state index contributed by atoms with van der Waals surface area (Å²) in [5.41, 5.74) is 2.00. The first-order valence-electron chi connectivity index (χ1n) is 6.93. The van der Waals surface area contributed by atoms with Crippen LogP contribution in [-0.4, -0.2) is 31.7 Å². The number of benzene rings is 1. The molecule has 0 aromatic heterocycles. The zero-order valence-electron chi connectivity index (χ0n) is 11.4. The van der Waals surface area contributed by atoms with Crippen LogP contribution in [0.2, 0.25) is 0 Å². The Labute approximate surface area is 114 Å². The fraction of sp³-hybridized carbons (Fsp3) is 0.533. The second kappa shape index (κ2) is 7.26. The molecule has 1 aromatic carbocycles. The van der Waals surface area contributed by atoms with Crippen molar-refractivity contribution in [3.63, 3.8) is 0 Å². The van der Waals surface area contributed by atoms with E-state index in [9.17, 15) is 4.79 Å². The second-order valence-electron chi connectivity index (χ2n) is 4.99. The minimum absolute atomic E-state index is 0.0135. The first-order valence-corrected chi connectivity index (χ1v) is 6.93. The lowest BCUT2D eigenvalue weighted by molar-refractivity contribution is -0.117. The quantitative estimate of drug-likeness (QED) is 0.854. The van der Waals surface area contributed by atoms with E-state index >= 15 is 0 Å². The summed E-state index contributed by atoms with van der Waals surface area (Å²) in [6.45, 7) is 4.54. The SMILES string of the molecule is Cc1cccc(NC(=O)CCOC2CCNCC2)c1. The van der Waals surface area contributed by atoms with Crippen molar-refractivity contribution >= 4 is 11.6 Å². The lowest BCUT2D eigenvalue weighted by Crippen LogP contribution is -2.33. The topological polar surface area (TPSA) is 50.4 Å². The minimum Gasteiger partial charge on any atom is -0.378 e. The summed E-state index contributed by atoms with van der Waals surface area (Å²) in [5.74, 6) is 0.0135. The summed E-state index contributed by atoms with van der Waals surface area (Å²) >= 11 is 0. The van der Waals surface area contributed by atoms with Crippen molar-refractivity contribution < 1.29 is 9.53 Å². The number of anilines is 1. The molecule has 104 valence electrons. The van der Waals surface area contributed by atoms with Crippen LogP contribution < -0.4 is 10.6 Å². The highest BCUT2D eigenvalue weighted by molar-refractivity contribution is 5.90. The summed E-state index contributed by atoms with van der Waals surface area (Å²) < 4.78 is 5.71. The molecule has 0 spiro atoms. The molecular weight excluding hydrogens is 240 g/mol. The molecular formula is C15H22N2O2. The highest BCUT2D eigenvalue weighted by Gasteiger charge is 2.13. The smallest absolute Gasteiger partial charge is 0.226 e. The van der Waals surface area contributed by atoms with Crippen molar-refractivity contribution in [2.24, 2.45) is 0 Å². The largest absolute Gasteiger partial charge is 0.378 e. The molecule has 1 amide bonds. The van der Waals surface area contributed by atoms with Gasteiger partial charge in [0.1, 0.15) is 0 Å². The molecule has 1 saturated heterocycles. The third-order valence-electron chi connectivity index (χ3n) is 3.27. The fourth-order valence-corrected chi connectivity index (χ4v) is 2.23. The average molecular weight is 262 g/mol. The van der Waals surface area contributed by atoms with Crippen LogP contribution in [0.5, 0.6) is 0 Å². The van der Waals surface area contributed by atoms with E-state index in [1.54, 1.807) is 0 Å². The van der Waals surface area contributed by atoms with Crippen LogP contribution in [0, 0.1) is 6.92 Å². The maximum atomic E-state index is 11.8. The van der Waals surface area contributed by atoms with Crippen molar-refractivity contribution in [3.05, 3.63) is 29.8 Å². The van der Waals surface area contributed by atoms with Crippen LogP contribution in [0.3, 0.4) is 0 Å². The molecule has 4 nitrogen and oxygen atoms in total. The summed E-state index contributed by atoms with van der Waals surface area (Å²) in [6.07, 6.45) is 2.81. The average Bonchev–Trinajstić information content (AvgIpc) is 2.40. The lowest BCUT2D eigenvalue weighted by Gasteiger charge is -2.22. The van der Waals surface area contributed by atoms with Gasteiger partial charge < -0.3 is 15.4 Å². The Hall–Kier alpha value is -1.39. The van der Waals surface area contributed by atoms with E-state index in [2.05, 4.69) is 10.6 Å². The van der Waals surface area contributed by atoms with Gasteiger partial charge in [0.05, 0.1) is 19.1 Å². The van der Waals surface area contributed by atoms with Gasteiger partial charge in [0, 0.05) is 5.69 Å². The molecule has 4 heteroatoms. The maximum Gasteiger partial charge on any atom is 0.226 e. The van der Waals surface area contributed by atoms with Gasteiger partial charge in [0.2, 0.25) is 5.91 Å². The van der Waals surface area contributed by atoms with Gasteiger partial charge >= 0.3 is 0 Å². The summed E-state index contributed by atoms with van der Waals surface area (Å²) in [4.78, 5) is 11.8. The highest BCUT2D eigenvalue weighted by Crippen LogP contribution is 2.11. The van der Waals surface area contributed by atoms with Gasteiger partial charge in [-0.05, 0) is 50.6 Å². The van der Waals surface area contributed by atoms with Crippen LogP contribution in [-0.2, 0) is 9.53 Å². The number of amides is 1. The monoisotopic (exact) mass is 262 g/mol. The third kappa shape index (κ3) is 5.01. The lowest BCUT2D eigenvalue weighted by atomic mass is 10.1. The van der Waals surface area contributed by atoms with E-state index in [4.69, 9.17) is 4.74 Å². The molecule has 2 N–H and O–H groups in total. The maximum absolute atomic E-state index is 11.8. The molecule has 0 atom stereocenters. The summed E-state index contributed by atoms with van der Waals surface area (Å²) in [7, 11) is 0. The van der Waals surface area contributed by atoms with E-state index in [-0.39, 0.29) is 5.91 Å². The molecule has 0 aliphatic carbocycles. The number of piperidine rings is 1. The van der Waals surface area contributed by atoms with Crippen molar-refractivity contribution in [3.8, 4) is 0 Å². The predicted molar refractivity (Wildman–Crippen MR) is 76.3 cm³/mol. The van der Waals surface area contributed by atoms with Gasteiger partial charge in [-0.3, -0.25) is 4.79 Å². The molecule has 0 bridgehead atoms. The number of rotatable bonds is 5. The van der Waals surface area contributed by atoms with Gasteiger partial charge in [-0.2, -0.15) is 0 Å². The molecule has 0 radical (unpaired) electrons. The molecule has 2 rings (SSSR count). The standard InChI is InChI=1S/C15H22N2O2/c1-12-3-2-4-13(11-12)17-15(18)7-10-19-14-5-8-16-9-6-14/h2-4,11,14,16H,5-10H2,1H3,(H,17,18). The molecule has 19 heavy (non-hydrogen) atoms. The molecule has 0 saturated carbocycles. The zero-order valence-corrected chi connectivity index (χ0v) is 11.4.